The van der Waals surface area contributed by atoms with E-state index in [4.69, 9.17) is 16.3 Å². The van der Waals surface area contributed by atoms with Crippen molar-refractivity contribution in [3.8, 4) is 5.75 Å². The molecule has 0 atom stereocenters. The average molecular weight is 419 g/mol. The molecule has 0 radical (unpaired) electrons. The van der Waals surface area contributed by atoms with E-state index in [2.05, 4.69) is 10.2 Å². The van der Waals surface area contributed by atoms with E-state index < -0.39 is 4.92 Å². The predicted molar refractivity (Wildman–Crippen MR) is 105 cm³/mol. The van der Waals surface area contributed by atoms with Crippen LogP contribution in [0.5, 0.6) is 5.75 Å². The third-order valence-corrected chi connectivity index (χ3v) is 4.40. The summed E-state index contributed by atoms with van der Waals surface area (Å²) >= 11 is 6.00. The molecule has 10 nitrogen and oxygen atoms in total. The highest BCUT2D eigenvalue weighted by Gasteiger charge is 2.16. The van der Waals surface area contributed by atoms with E-state index in [-0.39, 0.29) is 34.8 Å². The molecule has 3 aromatic rings. The molecule has 0 saturated heterocycles. The van der Waals surface area contributed by atoms with Gasteiger partial charge in [-0.05, 0) is 25.1 Å². The van der Waals surface area contributed by atoms with E-state index in [1.54, 1.807) is 24.0 Å². The zero-order valence-corrected chi connectivity index (χ0v) is 16.6. The summed E-state index contributed by atoms with van der Waals surface area (Å²) in [5, 5.41) is 19.4. The molecule has 152 valence electrons. The van der Waals surface area contributed by atoms with Gasteiger partial charge in [0.25, 0.3) is 11.6 Å². The van der Waals surface area contributed by atoms with Gasteiger partial charge in [0.05, 0.1) is 22.2 Å². The van der Waals surface area contributed by atoms with Crippen molar-refractivity contribution in [1.29, 1.82) is 0 Å². The Balaban J connectivity index is 1.59. The number of aryl methyl sites for hydroxylation is 1. The van der Waals surface area contributed by atoms with Crippen molar-refractivity contribution in [2.24, 2.45) is 0 Å². The second-order valence-electron chi connectivity index (χ2n) is 6.21. The monoisotopic (exact) mass is 418 g/mol. The lowest BCUT2D eigenvalue weighted by molar-refractivity contribution is -0.384. The van der Waals surface area contributed by atoms with E-state index in [1.165, 1.54) is 27.8 Å². The minimum absolute atomic E-state index is 0.00453. The van der Waals surface area contributed by atoms with Gasteiger partial charge in [0.1, 0.15) is 5.75 Å². The Hall–Kier alpha value is -3.40. The van der Waals surface area contributed by atoms with Gasteiger partial charge in [0.15, 0.2) is 12.4 Å². The maximum Gasteiger partial charge on any atom is 0.274 e. The molecule has 0 bridgehead atoms. The molecule has 11 heteroatoms. The van der Waals surface area contributed by atoms with Crippen LogP contribution in [-0.2, 0) is 19.8 Å². The first-order valence-corrected chi connectivity index (χ1v) is 9.13. The number of nitro benzene ring substituents is 1. The van der Waals surface area contributed by atoms with Gasteiger partial charge in [-0.15, -0.1) is 0 Å². The van der Waals surface area contributed by atoms with Crippen LogP contribution >= 0.6 is 11.6 Å². The van der Waals surface area contributed by atoms with E-state index in [0.717, 1.165) is 12.2 Å². The number of amides is 1. The maximum atomic E-state index is 12.6. The first-order chi connectivity index (χ1) is 13.9. The van der Waals surface area contributed by atoms with E-state index in [0.29, 0.717) is 6.54 Å². The number of hydrogen-bond acceptors (Lipinski definition) is 6. The van der Waals surface area contributed by atoms with E-state index >= 15 is 0 Å². The summed E-state index contributed by atoms with van der Waals surface area (Å²) in [4.78, 5) is 24.3. The third-order valence-electron chi connectivity index (χ3n) is 4.10. The van der Waals surface area contributed by atoms with Crippen molar-refractivity contribution in [1.82, 2.24) is 24.5 Å². The first-order valence-electron chi connectivity index (χ1n) is 8.75. The first kappa shape index (κ1) is 20.3. The van der Waals surface area contributed by atoms with Gasteiger partial charge in [-0.2, -0.15) is 10.2 Å². The quantitative estimate of drug-likeness (QED) is 0.411. The third kappa shape index (κ3) is 4.91. The van der Waals surface area contributed by atoms with Crippen molar-refractivity contribution < 1.29 is 14.5 Å². The Morgan fingerprint density at radius 3 is 2.66 bits per heavy atom. The highest BCUT2D eigenvalue weighted by Crippen LogP contribution is 2.28. The number of carbonyl (C=O) groups is 1. The number of nitrogens with zero attached hydrogens (tertiary/aromatic N) is 6. The average Bonchev–Trinajstić information content (AvgIpc) is 3.35. The van der Waals surface area contributed by atoms with Crippen LogP contribution in [0.25, 0.3) is 0 Å². The van der Waals surface area contributed by atoms with Crippen LogP contribution in [0.3, 0.4) is 0 Å². The Morgan fingerprint density at radius 2 is 2.00 bits per heavy atom. The Bertz CT molecular complexity index is 1030. The van der Waals surface area contributed by atoms with Gasteiger partial charge in [-0.25, -0.2) is 4.68 Å². The number of carbonyl (C=O) groups excluding carboxylic acids is 1. The Labute approximate surface area is 171 Å². The molecule has 0 aliphatic carbocycles. The van der Waals surface area contributed by atoms with E-state index in [1.807, 2.05) is 19.2 Å². The molecule has 0 unspecified atom stereocenters. The minimum atomic E-state index is -0.537. The lowest BCUT2D eigenvalue weighted by Gasteiger charge is -2.14. The fraction of sp³-hybridized carbons (Fsp3) is 0.278. The van der Waals surface area contributed by atoms with Gasteiger partial charge >= 0.3 is 0 Å². The molecule has 0 aliphatic rings. The molecule has 0 fully saturated rings. The smallest absolute Gasteiger partial charge is 0.274 e. The van der Waals surface area contributed by atoms with Crippen LogP contribution < -0.4 is 4.74 Å². The SMILES string of the molecule is CCn1ccc(CN(C)C(=O)c2ccn(COc3ccc([N+](=O)[O-])cc3Cl)n2)n1. The molecule has 0 saturated carbocycles. The molecule has 2 aromatic heterocycles. The number of halogens is 1. The van der Waals surface area contributed by atoms with Gasteiger partial charge in [0.2, 0.25) is 0 Å². The number of rotatable bonds is 8. The summed E-state index contributed by atoms with van der Waals surface area (Å²) in [5.41, 5.74) is 0.931. The van der Waals surface area contributed by atoms with Crippen LogP contribution in [0.15, 0.2) is 42.7 Å². The van der Waals surface area contributed by atoms with Crippen molar-refractivity contribution in [3.05, 3.63) is 69.3 Å². The molecular formula is C18H19ClN6O4. The molecule has 0 spiro atoms. The lowest BCUT2D eigenvalue weighted by Crippen LogP contribution is -2.27. The van der Waals surface area contributed by atoms with Crippen LogP contribution in [0.2, 0.25) is 5.02 Å². The molecule has 1 amide bonds. The summed E-state index contributed by atoms with van der Waals surface area (Å²) in [5.74, 6) is 0.0347. The summed E-state index contributed by atoms with van der Waals surface area (Å²) in [6.07, 6.45) is 3.47. The number of nitro groups is 1. The number of non-ortho nitro benzene ring substituents is 1. The minimum Gasteiger partial charge on any atom is -0.470 e. The van der Waals surface area contributed by atoms with Gasteiger partial charge < -0.3 is 9.64 Å². The van der Waals surface area contributed by atoms with E-state index in [9.17, 15) is 14.9 Å². The van der Waals surface area contributed by atoms with Crippen LogP contribution in [0.1, 0.15) is 23.1 Å². The van der Waals surface area contributed by atoms with Crippen molar-refractivity contribution >= 4 is 23.2 Å². The number of hydrogen-bond donors (Lipinski definition) is 0. The zero-order valence-electron chi connectivity index (χ0n) is 15.9. The Kier molecular flexibility index (Phi) is 6.13. The van der Waals surface area contributed by atoms with Crippen molar-refractivity contribution in [2.75, 3.05) is 7.05 Å². The fourth-order valence-electron chi connectivity index (χ4n) is 2.58. The van der Waals surface area contributed by atoms with Crippen LogP contribution in [0, 0.1) is 10.1 Å². The molecule has 2 heterocycles. The molecule has 0 N–H and O–H groups in total. The summed E-state index contributed by atoms with van der Waals surface area (Å²) < 4.78 is 8.76. The lowest BCUT2D eigenvalue weighted by atomic mass is 10.3. The summed E-state index contributed by atoms with van der Waals surface area (Å²) in [7, 11) is 1.68. The van der Waals surface area contributed by atoms with Crippen molar-refractivity contribution in [3.63, 3.8) is 0 Å². The Morgan fingerprint density at radius 1 is 1.24 bits per heavy atom. The second-order valence-corrected chi connectivity index (χ2v) is 6.62. The van der Waals surface area contributed by atoms with Gasteiger partial charge in [-0.3, -0.25) is 19.6 Å². The zero-order chi connectivity index (χ0) is 21.0. The van der Waals surface area contributed by atoms with Crippen LogP contribution in [-0.4, -0.2) is 42.3 Å². The summed E-state index contributed by atoms with van der Waals surface area (Å²) in [6, 6.07) is 7.38. The number of benzene rings is 1. The highest BCUT2D eigenvalue weighted by molar-refractivity contribution is 6.32. The molecule has 3 rings (SSSR count). The topological polar surface area (TPSA) is 108 Å². The van der Waals surface area contributed by atoms with Gasteiger partial charge in [-0.1, -0.05) is 11.6 Å². The normalized spacial score (nSPS) is 10.7. The maximum absolute atomic E-state index is 12.6. The van der Waals surface area contributed by atoms with Gasteiger partial charge in [0, 0.05) is 38.1 Å². The standard InChI is InChI=1S/C18H19ClN6O4/c1-3-23-8-6-13(20-23)11-22(2)18(26)16-7-9-24(21-16)12-29-17-5-4-14(25(27)28)10-15(17)19/h4-10H,3,11-12H2,1-2H3. The largest absolute Gasteiger partial charge is 0.470 e. The number of aromatic nitrogens is 4. The molecular weight excluding hydrogens is 400 g/mol. The fourth-order valence-corrected chi connectivity index (χ4v) is 2.81. The molecule has 29 heavy (non-hydrogen) atoms. The highest BCUT2D eigenvalue weighted by atomic mass is 35.5. The molecule has 1 aromatic carbocycles. The van der Waals surface area contributed by atoms with Crippen LogP contribution in [0.4, 0.5) is 5.69 Å². The predicted octanol–water partition coefficient (Wildman–Crippen LogP) is 2.97. The van der Waals surface area contributed by atoms with Crippen molar-refractivity contribution in [2.45, 2.75) is 26.7 Å². The molecule has 0 aliphatic heterocycles. The summed E-state index contributed by atoms with van der Waals surface area (Å²) in [6.45, 7) is 3.12. The second kappa shape index (κ2) is 8.74. The number of ether oxygens (including phenoxy) is 1.